The molecule has 0 amide bonds. The van der Waals surface area contributed by atoms with Crippen LogP contribution in [0.5, 0.6) is 5.75 Å². The lowest BCUT2D eigenvalue weighted by molar-refractivity contribution is 0.175. The standard InChI is InChI=1S/C10H9Cl2NO2/c1-15-8-4-2-7(3-5-8)9(14)10(11,12)6-13/h2-5,9,14H,1H3. The Hall–Kier alpha value is -0.950. The van der Waals surface area contributed by atoms with E-state index in [-0.39, 0.29) is 0 Å². The van der Waals surface area contributed by atoms with Crippen LogP contribution in [0, 0.1) is 11.3 Å². The summed E-state index contributed by atoms with van der Waals surface area (Å²) in [5.41, 5.74) is 0.461. The van der Waals surface area contributed by atoms with Crippen molar-refractivity contribution in [3.05, 3.63) is 29.8 Å². The molecule has 0 aromatic heterocycles. The van der Waals surface area contributed by atoms with Gasteiger partial charge in [-0.2, -0.15) is 5.26 Å². The van der Waals surface area contributed by atoms with Crippen LogP contribution in [0.1, 0.15) is 11.7 Å². The summed E-state index contributed by atoms with van der Waals surface area (Å²) < 4.78 is 3.11. The Kier molecular flexibility index (Phi) is 3.81. The van der Waals surface area contributed by atoms with Crippen LogP contribution in [0.3, 0.4) is 0 Å². The monoisotopic (exact) mass is 245 g/mol. The molecular formula is C10H9Cl2NO2. The largest absolute Gasteiger partial charge is 0.497 e. The van der Waals surface area contributed by atoms with Crippen molar-refractivity contribution in [1.29, 1.82) is 5.26 Å². The summed E-state index contributed by atoms with van der Waals surface area (Å²) in [6.45, 7) is 0. The molecule has 0 fully saturated rings. The van der Waals surface area contributed by atoms with Crippen molar-refractivity contribution in [1.82, 2.24) is 0 Å². The lowest BCUT2D eigenvalue weighted by Gasteiger charge is -2.18. The molecule has 0 spiro atoms. The molecule has 0 bridgehead atoms. The van der Waals surface area contributed by atoms with Gasteiger partial charge in [0.05, 0.1) is 7.11 Å². The first-order valence-corrected chi connectivity index (χ1v) is 4.88. The fourth-order valence-electron chi connectivity index (χ4n) is 1.06. The maximum Gasteiger partial charge on any atom is 0.232 e. The van der Waals surface area contributed by atoms with E-state index in [1.807, 2.05) is 0 Å². The fraction of sp³-hybridized carbons (Fsp3) is 0.300. The summed E-state index contributed by atoms with van der Waals surface area (Å²) in [7, 11) is 1.54. The Morgan fingerprint density at radius 3 is 2.33 bits per heavy atom. The number of aliphatic hydroxyl groups excluding tert-OH is 1. The summed E-state index contributed by atoms with van der Waals surface area (Å²) in [5, 5.41) is 18.3. The molecule has 0 radical (unpaired) electrons. The molecule has 1 unspecified atom stereocenters. The Balaban J connectivity index is 2.93. The molecule has 0 heterocycles. The molecule has 1 rings (SSSR count). The second-order valence-corrected chi connectivity index (χ2v) is 4.30. The van der Waals surface area contributed by atoms with Gasteiger partial charge in [-0.15, -0.1) is 0 Å². The Morgan fingerprint density at radius 1 is 1.40 bits per heavy atom. The number of hydrogen-bond donors (Lipinski definition) is 1. The number of nitriles is 1. The van der Waals surface area contributed by atoms with Gasteiger partial charge in [-0.05, 0) is 17.7 Å². The van der Waals surface area contributed by atoms with E-state index in [1.165, 1.54) is 7.11 Å². The van der Waals surface area contributed by atoms with Crippen LogP contribution in [0.25, 0.3) is 0 Å². The smallest absolute Gasteiger partial charge is 0.232 e. The number of methoxy groups -OCH3 is 1. The molecule has 15 heavy (non-hydrogen) atoms. The maximum atomic E-state index is 9.68. The third kappa shape index (κ3) is 2.75. The molecule has 0 saturated carbocycles. The number of nitrogens with zero attached hydrogens (tertiary/aromatic N) is 1. The van der Waals surface area contributed by atoms with E-state index in [2.05, 4.69) is 0 Å². The molecule has 0 aliphatic heterocycles. The molecule has 1 aromatic rings. The van der Waals surface area contributed by atoms with Crippen molar-refractivity contribution in [2.24, 2.45) is 0 Å². The van der Waals surface area contributed by atoms with Crippen LogP contribution < -0.4 is 4.74 Å². The second-order valence-electron chi connectivity index (χ2n) is 2.91. The molecule has 0 aliphatic rings. The number of halogens is 2. The minimum absolute atomic E-state index is 0.461. The van der Waals surface area contributed by atoms with E-state index in [9.17, 15) is 5.11 Å². The van der Waals surface area contributed by atoms with Gasteiger partial charge in [0.15, 0.2) is 0 Å². The highest BCUT2D eigenvalue weighted by Crippen LogP contribution is 2.35. The average molecular weight is 246 g/mol. The van der Waals surface area contributed by atoms with Crippen LogP contribution >= 0.6 is 23.2 Å². The maximum absolute atomic E-state index is 9.68. The van der Waals surface area contributed by atoms with Gasteiger partial charge in [-0.3, -0.25) is 0 Å². The summed E-state index contributed by atoms with van der Waals surface area (Å²) in [4.78, 5) is 0. The summed E-state index contributed by atoms with van der Waals surface area (Å²) in [5.74, 6) is 0.651. The van der Waals surface area contributed by atoms with Crippen molar-refractivity contribution in [3.63, 3.8) is 0 Å². The summed E-state index contributed by atoms with van der Waals surface area (Å²) in [6, 6.07) is 8.12. The quantitative estimate of drug-likeness (QED) is 0.833. The number of benzene rings is 1. The molecule has 80 valence electrons. The van der Waals surface area contributed by atoms with Crippen molar-refractivity contribution < 1.29 is 9.84 Å². The molecule has 0 aliphatic carbocycles. The highest BCUT2D eigenvalue weighted by Gasteiger charge is 2.34. The van der Waals surface area contributed by atoms with Crippen molar-refractivity contribution >= 4 is 23.2 Å². The number of hydrogen-bond acceptors (Lipinski definition) is 3. The van der Waals surface area contributed by atoms with Gasteiger partial charge in [0.25, 0.3) is 0 Å². The summed E-state index contributed by atoms with van der Waals surface area (Å²) in [6.07, 6.45) is -1.25. The van der Waals surface area contributed by atoms with Gasteiger partial charge >= 0.3 is 0 Å². The van der Waals surface area contributed by atoms with Crippen molar-refractivity contribution in [2.45, 2.75) is 10.4 Å². The van der Waals surface area contributed by atoms with E-state index in [1.54, 1.807) is 30.3 Å². The highest BCUT2D eigenvalue weighted by molar-refractivity contribution is 6.50. The first-order chi connectivity index (χ1) is 7.01. The Morgan fingerprint density at radius 2 is 1.93 bits per heavy atom. The zero-order valence-electron chi connectivity index (χ0n) is 7.95. The van der Waals surface area contributed by atoms with Crippen LogP contribution in [0.2, 0.25) is 0 Å². The Labute approximate surface area is 97.8 Å². The van der Waals surface area contributed by atoms with Gasteiger partial charge < -0.3 is 9.84 Å². The molecule has 5 heteroatoms. The Bertz CT molecular complexity index is 370. The van der Waals surface area contributed by atoms with Gasteiger partial charge in [-0.25, -0.2) is 0 Å². The fourth-order valence-corrected chi connectivity index (χ4v) is 1.31. The van der Waals surface area contributed by atoms with Crippen LogP contribution in [0.15, 0.2) is 24.3 Å². The van der Waals surface area contributed by atoms with Crippen LogP contribution in [-0.4, -0.2) is 16.5 Å². The number of aliphatic hydroxyl groups is 1. The zero-order chi connectivity index (χ0) is 11.5. The van der Waals surface area contributed by atoms with Crippen LogP contribution in [0.4, 0.5) is 0 Å². The van der Waals surface area contributed by atoms with E-state index in [0.29, 0.717) is 11.3 Å². The van der Waals surface area contributed by atoms with Gasteiger partial charge in [0.2, 0.25) is 4.33 Å². The molecule has 1 atom stereocenters. The molecule has 1 N–H and O–H groups in total. The average Bonchev–Trinajstić information content (AvgIpc) is 2.28. The highest BCUT2D eigenvalue weighted by atomic mass is 35.5. The topological polar surface area (TPSA) is 53.2 Å². The third-order valence-corrected chi connectivity index (χ3v) is 2.51. The number of ether oxygens (including phenoxy) is 1. The normalized spacial score (nSPS) is 13.0. The lowest BCUT2D eigenvalue weighted by Crippen LogP contribution is -2.21. The molecule has 3 nitrogen and oxygen atoms in total. The number of rotatable bonds is 3. The van der Waals surface area contributed by atoms with E-state index in [4.69, 9.17) is 33.2 Å². The van der Waals surface area contributed by atoms with Gasteiger partial charge in [0.1, 0.15) is 17.9 Å². The second kappa shape index (κ2) is 4.71. The van der Waals surface area contributed by atoms with E-state index < -0.39 is 10.4 Å². The van der Waals surface area contributed by atoms with Gasteiger partial charge in [0, 0.05) is 0 Å². The lowest BCUT2D eigenvalue weighted by atomic mass is 10.1. The third-order valence-electron chi connectivity index (χ3n) is 1.92. The van der Waals surface area contributed by atoms with Crippen molar-refractivity contribution in [2.75, 3.05) is 7.11 Å². The van der Waals surface area contributed by atoms with E-state index in [0.717, 1.165) is 0 Å². The zero-order valence-corrected chi connectivity index (χ0v) is 9.46. The molecule has 1 aromatic carbocycles. The van der Waals surface area contributed by atoms with E-state index >= 15 is 0 Å². The SMILES string of the molecule is COc1ccc(C(O)C(Cl)(Cl)C#N)cc1. The molecular weight excluding hydrogens is 237 g/mol. The van der Waals surface area contributed by atoms with Crippen molar-refractivity contribution in [3.8, 4) is 11.8 Å². The van der Waals surface area contributed by atoms with Gasteiger partial charge in [-0.1, -0.05) is 35.3 Å². The summed E-state index contributed by atoms with van der Waals surface area (Å²) >= 11 is 11.2. The minimum Gasteiger partial charge on any atom is -0.497 e. The first kappa shape index (κ1) is 12.1. The number of alkyl halides is 2. The minimum atomic E-state index is -1.84. The van der Waals surface area contributed by atoms with Crippen LogP contribution in [-0.2, 0) is 0 Å². The predicted molar refractivity (Wildman–Crippen MR) is 58.0 cm³/mol. The predicted octanol–water partition coefficient (Wildman–Crippen LogP) is 2.43. The first-order valence-electron chi connectivity index (χ1n) is 4.12. The molecule has 0 saturated heterocycles.